The van der Waals surface area contributed by atoms with Crippen LogP contribution in [0.15, 0.2) is 24.4 Å². The number of hydrogen-bond acceptors (Lipinski definition) is 4. The van der Waals surface area contributed by atoms with Crippen molar-refractivity contribution in [1.82, 2.24) is 4.98 Å². The van der Waals surface area contributed by atoms with E-state index in [1.807, 2.05) is 0 Å². The standard InChI is InChI=1S/C8H5N3O2/c9-5-1-2-7-3-4-8(6-10-7)11(12)13/h1-4,6H. The number of nitriles is 1. The van der Waals surface area contributed by atoms with Gasteiger partial charge in [-0.1, -0.05) is 0 Å². The van der Waals surface area contributed by atoms with Gasteiger partial charge in [-0.3, -0.25) is 10.1 Å². The van der Waals surface area contributed by atoms with Gasteiger partial charge >= 0.3 is 0 Å². The van der Waals surface area contributed by atoms with Crippen molar-refractivity contribution < 1.29 is 4.92 Å². The van der Waals surface area contributed by atoms with Gasteiger partial charge in [-0.2, -0.15) is 5.26 Å². The van der Waals surface area contributed by atoms with Gasteiger partial charge < -0.3 is 0 Å². The number of nitrogens with zero attached hydrogens (tertiary/aromatic N) is 3. The Balaban J connectivity index is 2.89. The molecule has 13 heavy (non-hydrogen) atoms. The molecule has 0 amide bonds. The molecule has 5 nitrogen and oxygen atoms in total. The molecule has 0 saturated heterocycles. The predicted molar refractivity (Wildman–Crippen MR) is 45.5 cm³/mol. The van der Waals surface area contributed by atoms with Gasteiger partial charge in [-0.25, -0.2) is 4.98 Å². The van der Waals surface area contributed by atoms with E-state index in [-0.39, 0.29) is 5.69 Å². The number of pyridine rings is 1. The van der Waals surface area contributed by atoms with Crippen LogP contribution in [-0.2, 0) is 0 Å². The van der Waals surface area contributed by atoms with E-state index in [1.54, 1.807) is 6.07 Å². The third-order valence-electron chi connectivity index (χ3n) is 1.31. The van der Waals surface area contributed by atoms with E-state index < -0.39 is 4.92 Å². The molecule has 1 heterocycles. The Morgan fingerprint density at radius 3 is 2.85 bits per heavy atom. The Kier molecular flexibility index (Phi) is 2.71. The van der Waals surface area contributed by atoms with Crippen LogP contribution in [0.25, 0.3) is 6.08 Å². The highest BCUT2D eigenvalue weighted by atomic mass is 16.6. The van der Waals surface area contributed by atoms with Crippen molar-refractivity contribution in [1.29, 1.82) is 5.26 Å². The summed E-state index contributed by atoms with van der Waals surface area (Å²) in [5.74, 6) is 0. The van der Waals surface area contributed by atoms with Crippen molar-refractivity contribution in [3.05, 3.63) is 40.2 Å². The van der Waals surface area contributed by atoms with E-state index in [4.69, 9.17) is 5.26 Å². The lowest BCUT2D eigenvalue weighted by Gasteiger charge is -1.90. The van der Waals surface area contributed by atoms with Gasteiger partial charge in [0, 0.05) is 12.1 Å². The molecule has 0 aliphatic rings. The van der Waals surface area contributed by atoms with Crippen LogP contribution in [0, 0.1) is 21.4 Å². The smallest absolute Gasteiger partial charge is 0.258 e. The van der Waals surface area contributed by atoms with Gasteiger partial charge in [0.2, 0.25) is 0 Å². The second-order valence-corrected chi connectivity index (χ2v) is 2.16. The van der Waals surface area contributed by atoms with Crippen LogP contribution >= 0.6 is 0 Å². The molecule has 0 aliphatic carbocycles. The summed E-state index contributed by atoms with van der Waals surface area (Å²) in [6.45, 7) is 0. The van der Waals surface area contributed by atoms with Gasteiger partial charge in [0.15, 0.2) is 0 Å². The van der Waals surface area contributed by atoms with Crippen LogP contribution in [-0.4, -0.2) is 9.91 Å². The van der Waals surface area contributed by atoms with Crippen LogP contribution in [0.2, 0.25) is 0 Å². The molecule has 0 bridgehead atoms. The maximum absolute atomic E-state index is 10.2. The minimum atomic E-state index is -0.523. The third kappa shape index (κ3) is 2.38. The van der Waals surface area contributed by atoms with Gasteiger partial charge in [0.1, 0.15) is 6.20 Å². The summed E-state index contributed by atoms with van der Waals surface area (Å²) in [6, 6.07) is 4.61. The van der Waals surface area contributed by atoms with E-state index in [9.17, 15) is 10.1 Å². The number of nitro groups is 1. The molecule has 0 aliphatic heterocycles. The normalized spacial score (nSPS) is 9.77. The number of allylic oxidation sites excluding steroid dienone is 1. The molecule has 5 heteroatoms. The average Bonchev–Trinajstić information content (AvgIpc) is 2.15. The molecule has 64 valence electrons. The van der Waals surface area contributed by atoms with E-state index in [1.165, 1.54) is 24.3 Å². The molecule has 1 rings (SSSR count). The quantitative estimate of drug-likeness (QED) is 0.387. The maximum Gasteiger partial charge on any atom is 0.287 e. The molecule has 0 fully saturated rings. The molecule has 0 unspecified atom stereocenters. The highest BCUT2D eigenvalue weighted by Crippen LogP contribution is 2.09. The minimum Gasteiger partial charge on any atom is -0.258 e. The van der Waals surface area contributed by atoms with E-state index in [0.29, 0.717) is 5.69 Å². The van der Waals surface area contributed by atoms with E-state index in [0.717, 1.165) is 6.20 Å². The fourth-order valence-electron chi connectivity index (χ4n) is 0.727. The Hall–Kier alpha value is -2.22. The summed E-state index contributed by atoms with van der Waals surface area (Å²) in [4.78, 5) is 13.5. The minimum absolute atomic E-state index is 0.0610. The lowest BCUT2D eigenvalue weighted by atomic mass is 10.3. The van der Waals surface area contributed by atoms with E-state index in [2.05, 4.69) is 4.98 Å². The molecule has 0 aromatic carbocycles. The zero-order valence-electron chi connectivity index (χ0n) is 6.54. The highest BCUT2D eigenvalue weighted by Gasteiger charge is 2.02. The number of aromatic nitrogens is 1. The highest BCUT2D eigenvalue weighted by molar-refractivity contribution is 5.48. The predicted octanol–water partition coefficient (Wildman–Crippen LogP) is 1.53. The molecule has 0 N–H and O–H groups in total. The fourth-order valence-corrected chi connectivity index (χ4v) is 0.727. The molecule has 1 aromatic heterocycles. The van der Waals surface area contributed by atoms with Crippen LogP contribution in [0.1, 0.15) is 5.69 Å². The fraction of sp³-hybridized carbons (Fsp3) is 0. The van der Waals surface area contributed by atoms with Crippen molar-refractivity contribution in [2.24, 2.45) is 0 Å². The SMILES string of the molecule is N#CC=Cc1ccc([N+](=O)[O-])cn1. The first-order chi connectivity index (χ1) is 6.24. The van der Waals surface area contributed by atoms with Crippen LogP contribution < -0.4 is 0 Å². The lowest BCUT2D eigenvalue weighted by molar-refractivity contribution is -0.385. The summed E-state index contributed by atoms with van der Waals surface area (Å²) in [7, 11) is 0. The molecule has 0 atom stereocenters. The Morgan fingerprint density at radius 1 is 1.62 bits per heavy atom. The lowest BCUT2D eigenvalue weighted by Crippen LogP contribution is -1.89. The third-order valence-corrected chi connectivity index (χ3v) is 1.31. The van der Waals surface area contributed by atoms with Crippen molar-refractivity contribution >= 4 is 11.8 Å². The maximum atomic E-state index is 10.2. The first-order valence-corrected chi connectivity index (χ1v) is 3.40. The van der Waals surface area contributed by atoms with Crippen molar-refractivity contribution in [3.8, 4) is 6.07 Å². The average molecular weight is 175 g/mol. The first-order valence-electron chi connectivity index (χ1n) is 3.40. The van der Waals surface area contributed by atoms with Crippen LogP contribution in [0.4, 0.5) is 5.69 Å². The molecule has 0 spiro atoms. The molecular formula is C8H5N3O2. The molecule has 0 saturated carbocycles. The van der Waals surface area contributed by atoms with E-state index >= 15 is 0 Å². The second kappa shape index (κ2) is 3.97. The summed E-state index contributed by atoms with van der Waals surface area (Å²) < 4.78 is 0. The van der Waals surface area contributed by atoms with Crippen molar-refractivity contribution in [3.63, 3.8) is 0 Å². The molecule has 0 radical (unpaired) electrons. The number of hydrogen-bond donors (Lipinski definition) is 0. The zero-order valence-corrected chi connectivity index (χ0v) is 6.54. The Bertz CT molecular complexity index is 375. The Morgan fingerprint density at radius 2 is 2.38 bits per heavy atom. The second-order valence-electron chi connectivity index (χ2n) is 2.16. The van der Waals surface area contributed by atoms with Crippen molar-refractivity contribution in [2.75, 3.05) is 0 Å². The molecular weight excluding hydrogens is 170 g/mol. The largest absolute Gasteiger partial charge is 0.287 e. The van der Waals surface area contributed by atoms with Crippen molar-refractivity contribution in [2.45, 2.75) is 0 Å². The molecule has 1 aromatic rings. The monoisotopic (exact) mass is 175 g/mol. The number of rotatable bonds is 2. The topological polar surface area (TPSA) is 79.8 Å². The van der Waals surface area contributed by atoms with Gasteiger partial charge in [0.05, 0.1) is 16.7 Å². The van der Waals surface area contributed by atoms with Crippen LogP contribution in [0.3, 0.4) is 0 Å². The summed E-state index contributed by atoms with van der Waals surface area (Å²) >= 11 is 0. The Labute approximate surface area is 74.1 Å². The van der Waals surface area contributed by atoms with Crippen LogP contribution in [0.5, 0.6) is 0 Å². The first kappa shape index (κ1) is 8.87. The summed E-state index contributed by atoms with van der Waals surface area (Å²) in [5.41, 5.74) is 0.459. The summed E-state index contributed by atoms with van der Waals surface area (Å²) in [6.07, 6.45) is 3.88. The van der Waals surface area contributed by atoms with Gasteiger partial charge in [-0.15, -0.1) is 0 Å². The van der Waals surface area contributed by atoms with Gasteiger partial charge in [0.25, 0.3) is 5.69 Å². The zero-order chi connectivity index (χ0) is 9.68. The summed E-state index contributed by atoms with van der Waals surface area (Å²) in [5, 5.41) is 18.4. The van der Waals surface area contributed by atoms with Gasteiger partial charge in [-0.05, 0) is 12.1 Å².